The van der Waals surface area contributed by atoms with Crippen molar-refractivity contribution in [3.8, 4) is 23.3 Å². The summed E-state index contributed by atoms with van der Waals surface area (Å²) in [6.45, 7) is 6.32. The van der Waals surface area contributed by atoms with Crippen LogP contribution in [0.25, 0.3) is 0 Å². The fourth-order valence-electron chi connectivity index (χ4n) is 4.00. The number of methoxy groups -OCH3 is 2. The fourth-order valence-corrected chi connectivity index (χ4v) is 4.00. The highest BCUT2D eigenvalue weighted by Crippen LogP contribution is 2.31. The highest BCUT2D eigenvalue weighted by atomic mass is 19.1. The van der Waals surface area contributed by atoms with E-state index >= 15 is 0 Å². The number of halogens is 2. The van der Waals surface area contributed by atoms with Crippen LogP contribution in [0, 0.1) is 23.0 Å². The largest absolute Gasteiger partial charge is 0.497 e. The first kappa shape index (κ1) is 32.2. The molecule has 1 aromatic heterocycles. The molecule has 226 valence electrons. The van der Waals surface area contributed by atoms with Gasteiger partial charge >= 0.3 is 0 Å². The number of ether oxygens (including phenoxy) is 3. The maximum atomic E-state index is 14.3. The first-order chi connectivity index (χ1) is 20.8. The zero-order valence-corrected chi connectivity index (χ0v) is 24.7. The zero-order valence-electron chi connectivity index (χ0n) is 24.7. The van der Waals surface area contributed by atoms with E-state index in [-0.39, 0.29) is 41.9 Å². The van der Waals surface area contributed by atoms with E-state index in [1.54, 1.807) is 45.4 Å². The van der Waals surface area contributed by atoms with Gasteiger partial charge in [0.15, 0.2) is 17.4 Å². The minimum absolute atomic E-state index is 0.00885. The highest BCUT2D eigenvalue weighted by Gasteiger charge is 2.15. The summed E-state index contributed by atoms with van der Waals surface area (Å²) in [6.07, 6.45) is 1.40. The highest BCUT2D eigenvalue weighted by molar-refractivity contribution is 5.75. The molecule has 0 fully saturated rings. The van der Waals surface area contributed by atoms with Crippen molar-refractivity contribution in [1.29, 1.82) is 5.26 Å². The lowest BCUT2D eigenvalue weighted by atomic mass is 10.1. The molecule has 0 aliphatic heterocycles. The van der Waals surface area contributed by atoms with Crippen molar-refractivity contribution in [1.82, 2.24) is 9.97 Å². The summed E-state index contributed by atoms with van der Waals surface area (Å²) in [5.41, 5.74) is 9.08. The minimum Gasteiger partial charge on any atom is -0.497 e. The average molecular weight is 592 g/mol. The number of hydrogen-bond donors (Lipinski definition) is 4. The molecule has 0 radical (unpaired) electrons. The van der Waals surface area contributed by atoms with Gasteiger partial charge in [-0.05, 0) is 43.3 Å². The first-order valence-electron chi connectivity index (χ1n) is 13.6. The van der Waals surface area contributed by atoms with E-state index in [0.29, 0.717) is 35.0 Å². The molecule has 4 aromatic rings. The monoisotopic (exact) mass is 591 g/mol. The van der Waals surface area contributed by atoms with Crippen LogP contribution >= 0.6 is 0 Å². The molecule has 5 N–H and O–H groups in total. The molecule has 4 rings (SSSR count). The van der Waals surface area contributed by atoms with Gasteiger partial charge in [-0.2, -0.15) is 10.2 Å². The van der Waals surface area contributed by atoms with Crippen molar-refractivity contribution >= 4 is 28.8 Å². The molecule has 0 unspecified atom stereocenters. The molecule has 10 nitrogen and oxygen atoms in total. The van der Waals surface area contributed by atoms with Crippen LogP contribution in [0.1, 0.15) is 37.5 Å². The average Bonchev–Trinajstić information content (AvgIpc) is 3.02. The second-order valence-corrected chi connectivity index (χ2v) is 8.69. The quantitative estimate of drug-likeness (QED) is 0.142. The van der Waals surface area contributed by atoms with Gasteiger partial charge in [0.05, 0.1) is 55.7 Å². The number of nitriles is 1. The van der Waals surface area contributed by atoms with Crippen LogP contribution in [0.3, 0.4) is 0 Å². The first-order valence-corrected chi connectivity index (χ1v) is 13.6. The number of aromatic nitrogens is 2. The van der Waals surface area contributed by atoms with E-state index in [1.165, 1.54) is 12.3 Å². The van der Waals surface area contributed by atoms with Gasteiger partial charge in [-0.3, -0.25) is 0 Å². The Hall–Kier alpha value is -5.31. The number of anilines is 5. The summed E-state index contributed by atoms with van der Waals surface area (Å²) >= 11 is 0. The summed E-state index contributed by atoms with van der Waals surface area (Å²) in [4.78, 5) is 8.68. The Balaban J connectivity index is 0.00000248. The number of nitrogens with zero attached hydrogens (tertiary/aromatic N) is 3. The van der Waals surface area contributed by atoms with Crippen molar-refractivity contribution in [2.45, 2.75) is 33.9 Å². The van der Waals surface area contributed by atoms with E-state index in [1.807, 2.05) is 26.0 Å². The molecule has 0 amide bonds. The normalized spacial score (nSPS) is 10.1. The summed E-state index contributed by atoms with van der Waals surface area (Å²) in [5.74, 6) is 0.165. The third-order valence-electron chi connectivity index (χ3n) is 6.00. The molecule has 0 spiro atoms. The summed E-state index contributed by atoms with van der Waals surface area (Å²) < 4.78 is 44.2. The Morgan fingerprint density at radius 1 is 0.930 bits per heavy atom. The molecular weight excluding hydrogens is 556 g/mol. The molecular formula is C31H35F2N7O3. The van der Waals surface area contributed by atoms with Gasteiger partial charge in [0, 0.05) is 36.3 Å². The van der Waals surface area contributed by atoms with Gasteiger partial charge in [-0.1, -0.05) is 13.8 Å². The standard InChI is InChI=1S/C29H29F2N7O3.C2H6/c1-4-41-27-19(10-20(30)11-22(27)31)15-35-28-23(33)16-36-29(38-28)37-25-9-17(13-32)5-8-24(25)34-14-18-6-7-21(39-2)12-26(18)40-3;1-2/h5-12,16,34H,4,14-15,33H2,1-3H3,(H2,35,36,37,38);1-2H3. The van der Waals surface area contributed by atoms with Crippen molar-refractivity contribution < 1.29 is 23.0 Å². The maximum Gasteiger partial charge on any atom is 0.229 e. The Labute approximate surface area is 249 Å². The van der Waals surface area contributed by atoms with Crippen LogP contribution < -0.4 is 35.9 Å². The van der Waals surface area contributed by atoms with Crippen LogP contribution in [-0.2, 0) is 13.1 Å². The van der Waals surface area contributed by atoms with E-state index in [4.69, 9.17) is 19.9 Å². The van der Waals surface area contributed by atoms with Gasteiger partial charge in [-0.15, -0.1) is 0 Å². The van der Waals surface area contributed by atoms with Crippen LogP contribution in [0.15, 0.2) is 54.7 Å². The molecule has 0 aliphatic rings. The van der Waals surface area contributed by atoms with Crippen LogP contribution in [0.2, 0.25) is 0 Å². The Morgan fingerprint density at radius 2 is 1.70 bits per heavy atom. The van der Waals surface area contributed by atoms with E-state index < -0.39 is 11.6 Å². The zero-order chi connectivity index (χ0) is 31.4. The summed E-state index contributed by atoms with van der Waals surface area (Å²) in [5, 5.41) is 18.9. The fraction of sp³-hybridized carbons (Fsp3) is 0.258. The van der Waals surface area contributed by atoms with Gasteiger partial charge in [0.2, 0.25) is 5.95 Å². The second-order valence-electron chi connectivity index (χ2n) is 8.69. The van der Waals surface area contributed by atoms with Gasteiger partial charge in [0.1, 0.15) is 17.3 Å². The van der Waals surface area contributed by atoms with Crippen molar-refractivity contribution in [3.63, 3.8) is 0 Å². The second kappa shape index (κ2) is 15.6. The van der Waals surface area contributed by atoms with Crippen LogP contribution in [-0.4, -0.2) is 30.8 Å². The minimum atomic E-state index is -0.800. The molecule has 0 saturated carbocycles. The topological polar surface area (TPSA) is 139 Å². The number of rotatable bonds is 12. The molecule has 12 heteroatoms. The lowest BCUT2D eigenvalue weighted by Crippen LogP contribution is -2.10. The molecule has 0 saturated heterocycles. The smallest absolute Gasteiger partial charge is 0.229 e. The number of nitrogen functional groups attached to an aromatic ring is 1. The number of nitrogens with two attached hydrogens (primary N) is 1. The molecule has 3 aromatic carbocycles. The Kier molecular flexibility index (Phi) is 11.7. The van der Waals surface area contributed by atoms with Gasteiger partial charge in [0.25, 0.3) is 0 Å². The van der Waals surface area contributed by atoms with Crippen molar-refractivity contribution in [2.75, 3.05) is 42.5 Å². The Bertz CT molecular complexity index is 1580. The lowest BCUT2D eigenvalue weighted by Gasteiger charge is -2.17. The van der Waals surface area contributed by atoms with Crippen LogP contribution in [0.5, 0.6) is 17.2 Å². The number of hydrogen-bond acceptors (Lipinski definition) is 10. The van der Waals surface area contributed by atoms with Crippen molar-refractivity contribution in [3.05, 3.63) is 83.1 Å². The predicted molar refractivity (Wildman–Crippen MR) is 164 cm³/mol. The third-order valence-corrected chi connectivity index (χ3v) is 6.00. The maximum absolute atomic E-state index is 14.3. The van der Waals surface area contributed by atoms with Gasteiger partial charge < -0.3 is 35.9 Å². The molecule has 1 heterocycles. The molecule has 0 aliphatic carbocycles. The van der Waals surface area contributed by atoms with E-state index in [9.17, 15) is 14.0 Å². The molecule has 43 heavy (non-hydrogen) atoms. The molecule has 0 atom stereocenters. The summed E-state index contributed by atoms with van der Waals surface area (Å²) in [7, 11) is 3.17. The predicted octanol–water partition coefficient (Wildman–Crippen LogP) is 6.62. The van der Waals surface area contributed by atoms with E-state index in [0.717, 1.165) is 11.6 Å². The molecule has 0 bridgehead atoms. The van der Waals surface area contributed by atoms with Crippen molar-refractivity contribution in [2.24, 2.45) is 0 Å². The number of benzene rings is 3. The Morgan fingerprint density at radius 3 is 2.40 bits per heavy atom. The third kappa shape index (κ3) is 8.36. The van der Waals surface area contributed by atoms with E-state index in [2.05, 4.69) is 32.0 Å². The SMILES string of the molecule is CC.CCOc1c(F)cc(F)cc1CNc1nc(Nc2cc(C#N)ccc2NCc2ccc(OC)cc2OC)ncc1N. The number of nitrogens with one attached hydrogen (secondary N) is 3. The summed E-state index contributed by atoms with van der Waals surface area (Å²) in [6, 6.07) is 14.7. The lowest BCUT2D eigenvalue weighted by molar-refractivity contribution is 0.316. The van der Waals surface area contributed by atoms with Gasteiger partial charge in [-0.25, -0.2) is 13.8 Å². The van der Waals surface area contributed by atoms with Crippen LogP contribution in [0.4, 0.5) is 37.6 Å².